The van der Waals surface area contributed by atoms with E-state index in [2.05, 4.69) is 4.99 Å². The fourth-order valence-electron chi connectivity index (χ4n) is 3.06. The Kier molecular flexibility index (Phi) is 7.47. The van der Waals surface area contributed by atoms with Crippen LogP contribution in [0.25, 0.3) is 10.2 Å². The minimum absolute atomic E-state index is 0.189. The van der Waals surface area contributed by atoms with E-state index in [1.165, 1.54) is 23.5 Å². The summed E-state index contributed by atoms with van der Waals surface area (Å²) in [4.78, 5) is 17.4. The number of nitrogens with zero attached hydrogens (tertiary/aromatic N) is 2. The van der Waals surface area contributed by atoms with Gasteiger partial charge in [-0.2, -0.15) is 4.99 Å². The van der Waals surface area contributed by atoms with Crippen molar-refractivity contribution in [3.8, 4) is 11.5 Å². The first-order valence-corrected chi connectivity index (χ1v) is 12.0. The van der Waals surface area contributed by atoms with Crippen molar-refractivity contribution >= 4 is 37.3 Å². The molecule has 0 saturated carbocycles. The number of rotatable bonds is 9. The molecule has 0 unspecified atom stereocenters. The van der Waals surface area contributed by atoms with Crippen molar-refractivity contribution in [1.82, 2.24) is 4.57 Å². The number of hydrogen-bond acceptors (Lipinski definition) is 7. The third-order valence-corrected chi connectivity index (χ3v) is 7.44. The Morgan fingerprint density at radius 2 is 1.71 bits per heavy atom. The predicted molar refractivity (Wildman–Crippen MR) is 118 cm³/mol. The molecule has 0 aliphatic rings. The van der Waals surface area contributed by atoms with Gasteiger partial charge in [0, 0.05) is 20.1 Å². The molecule has 1 amide bonds. The Hall–Kier alpha value is -2.69. The molecule has 0 aliphatic carbocycles. The molecule has 0 N–H and O–H groups in total. The summed E-state index contributed by atoms with van der Waals surface area (Å²) in [6.45, 7) is 0.838. The minimum Gasteiger partial charge on any atom is -0.495 e. The van der Waals surface area contributed by atoms with Crippen LogP contribution < -0.4 is 14.3 Å². The first kappa shape index (κ1) is 23.0. The number of amides is 1. The van der Waals surface area contributed by atoms with Crippen molar-refractivity contribution < 1.29 is 27.4 Å². The van der Waals surface area contributed by atoms with E-state index in [1.807, 2.05) is 4.57 Å². The molecule has 8 nitrogen and oxygen atoms in total. The quantitative estimate of drug-likeness (QED) is 0.483. The molecule has 3 rings (SSSR count). The number of aromatic nitrogens is 1. The van der Waals surface area contributed by atoms with E-state index in [0.717, 1.165) is 10.2 Å². The zero-order valence-electron chi connectivity index (χ0n) is 17.5. The molecule has 2 aromatic carbocycles. The summed E-state index contributed by atoms with van der Waals surface area (Å²) in [6.07, 6.45) is -0.218. The normalized spacial score (nSPS) is 12.3. The average Bonchev–Trinajstić information content (AvgIpc) is 3.14. The van der Waals surface area contributed by atoms with Crippen molar-refractivity contribution in [1.29, 1.82) is 0 Å². The number of sulfone groups is 1. The Bertz CT molecular complexity index is 1230. The second kappa shape index (κ2) is 10.1. The van der Waals surface area contributed by atoms with Crippen LogP contribution in [-0.2, 0) is 25.9 Å². The zero-order valence-corrected chi connectivity index (χ0v) is 19.2. The monoisotopic (exact) mass is 464 g/mol. The standard InChI is InChI=1S/C21H24N2O6S2/c1-27-13-12-23-19-16(28-2)9-10-17(29-3)20(19)30-21(23)22-18(24)11-14-31(25,26)15-7-5-4-6-8-15/h4-10H,11-14H2,1-3H3. The second-order valence-corrected chi connectivity index (χ2v) is 9.65. The van der Waals surface area contributed by atoms with Crippen LogP contribution in [-0.4, -0.2) is 52.6 Å². The summed E-state index contributed by atoms with van der Waals surface area (Å²) in [7, 11) is 1.16. The summed E-state index contributed by atoms with van der Waals surface area (Å²) in [5.74, 6) is 0.418. The van der Waals surface area contributed by atoms with Crippen molar-refractivity contribution in [2.75, 3.05) is 33.7 Å². The number of thiazole rings is 1. The molecule has 3 aromatic rings. The Morgan fingerprint density at radius 3 is 2.35 bits per heavy atom. The highest BCUT2D eigenvalue weighted by Crippen LogP contribution is 2.35. The molecule has 1 aromatic heterocycles. The van der Waals surface area contributed by atoms with Gasteiger partial charge in [-0.15, -0.1) is 0 Å². The van der Waals surface area contributed by atoms with Gasteiger partial charge >= 0.3 is 0 Å². The van der Waals surface area contributed by atoms with E-state index in [0.29, 0.717) is 29.5 Å². The fraction of sp³-hybridized carbons (Fsp3) is 0.333. The van der Waals surface area contributed by atoms with Gasteiger partial charge in [0.1, 0.15) is 21.7 Å². The number of methoxy groups -OCH3 is 3. The predicted octanol–water partition coefficient (Wildman–Crippen LogP) is 2.66. The minimum atomic E-state index is -3.56. The molecule has 0 aliphatic heterocycles. The van der Waals surface area contributed by atoms with Gasteiger partial charge < -0.3 is 18.8 Å². The van der Waals surface area contributed by atoms with Gasteiger partial charge in [0.2, 0.25) is 5.91 Å². The molecule has 166 valence electrons. The van der Waals surface area contributed by atoms with Crippen LogP contribution in [0.2, 0.25) is 0 Å². The summed E-state index contributed by atoms with van der Waals surface area (Å²) in [5.41, 5.74) is 0.743. The van der Waals surface area contributed by atoms with E-state index in [-0.39, 0.29) is 17.1 Å². The van der Waals surface area contributed by atoms with Crippen LogP contribution in [0.15, 0.2) is 52.4 Å². The van der Waals surface area contributed by atoms with Crippen molar-refractivity contribution in [2.45, 2.75) is 17.9 Å². The molecule has 0 radical (unpaired) electrons. The molecule has 0 atom stereocenters. The lowest BCUT2D eigenvalue weighted by Crippen LogP contribution is -2.20. The lowest BCUT2D eigenvalue weighted by molar-refractivity contribution is -0.117. The topological polar surface area (TPSA) is 96.2 Å². The zero-order chi connectivity index (χ0) is 22.4. The fourth-order valence-corrected chi connectivity index (χ4v) is 5.49. The SMILES string of the molecule is COCCn1c(=NC(=O)CCS(=O)(=O)c2ccccc2)sc2c(OC)ccc(OC)c21. The van der Waals surface area contributed by atoms with Gasteiger partial charge in [0.25, 0.3) is 0 Å². The third kappa shape index (κ3) is 5.15. The highest BCUT2D eigenvalue weighted by molar-refractivity contribution is 7.91. The molecule has 0 fully saturated rings. The summed E-state index contributed by atoms with van der Waals surface area (Å²) in [5, 5.41) is 0. The number of fused-ring (bicyclic) bond motifs is 1. The van der Waals surface area contributed by atoms with E-state index >= 15 is 0 Å². The Morgan fingerprint density at radius 1 is 1.03 bits per heavy atom. The van der Waals surface area contributed by atoms with Crippen LogP contribution in [0.4, 0.5) is 0 Å². The molecular formula is C21H24N2O6S2. The summed E-state index contributed by atoms with van der Waals surface area (Å²) >= 11 is 1.28. The Labute approximate surface area is 184 Å². The molecular weight excluding hydrogens is 440 g/mol. The number of ether oxygens (including phenoxy) is 3. The summed E-state index contributed by atoms with van der Waals surface area (Å²) < 4.78 is 43.7. The maximum atomic E-state index is 12.6. The number of carbonyl (C=O) groups is 1. The molecule has 0 bridgehead atoms. The van der Waals surface area contributed by atoms with Gasteiger partial charge in [-0.05, 0) is 24.3 Å². The van der Waals surface area contributed by atoms with Crippen molar-refractivity contribution in [2.24, 2.45) is 4.99 Å². The van der Waals surface area contributed by atoms with Crippen LogP contribution >= 0.6 is 11.3 Å². The van der Waals surface area contributed by atoms with Crippen LogP contribution in [0.1, 0.15) is 6.42 Å². The maximum absolute atomic E-state index is 12.6. The molecule has 0 saturated heterocycles. The van der Waals surface area contributed by atoms with E-state index < -0.39 is 15.7 Å². The number of carbonyl (C=O) groups excluding carboxylic acids is 1. The first-order chi connectivity index (χ1) is 14.9. The lowest BCUT2D eigenvalue weighted by atomic mass is 10.3. The van der Waals surface area contributed by atoms with Crippen LogP contribution in [0, 0.1) is 0 Å². The Balaban J connectivity index is 1.97. The van der Waals surface area contributed by atoms with Crippen LogP contribution in [0.3, 0.4) is 0 Å². The lowest BCUT2D eigenvalue weighted by Gasteiger charge is -2.09. The van der Waals surface area contributed by atoms with Gasteiger partial charge in [0.15, 0.2) is 14.6 Å². The molecule has 10 heteroatoms. The summed E-state index contributed by atoms with van der Waals surface area (Å²) in [6, 6.07) is 11.6. The maximum Gasteiger partial charge on any atom is 0.249 e. The second-order valence-electron chi connectivity index (χ2n) is 6.56. The number of hydrogen-bond donors (Lipinski definition) is 0. The number of benzene rings is 2. The molecule has 0 spiro atoms. The van der Waals surface area contributed by atoms with Gasteiger partial charge in [-0.3, -0.25) is 4.79 Å². The van der Waals surface area contributed by atoms with Crippen molar-refractivity contribution in [3.63, 3.8) is 0 Å². The van der Waals surface area contributed by atoms with E-state index in [9.17, 15) is 13.2 Å². The van der Waals surface area contributed by atoms with Crippen molar-refractivity contribution in [3.05, 3.63) is 47.3 Å². The van der Waals surface area contributed by atoms with Gasteiger partial charge in [-0.1, -0.05) is 29.5 Å². The third-order valence-electron chi connectivity index (χ3n) is 4.62. The van der Waals surface area contributed by atoms with Gasteiger partial charge in [0.05, 0.1) is 31.5 Å². The largest absolute Gasteiger partial charge is 0.495 e. The highest BCUT2D eigenvalue weighted by atomic mass is 32.2. The van der Waals surface area contributed by atoms with Crippen LogP contribution in [0.5, 0.6) is 11.5 Å². The highest BCUT2D eigenvalue weighted by Gasteiger charge is 2.18. The molecule has 1 heterocycles. The smallest absolute Gasteiger partial charge is 0.249 e. The van der Waals surface area contributed by atoms with E-state index in [1.54, 1.807) is 51.7 Å². The van der Waals surface area contributed by atoms with Gasteiger partial charge in [-0.25, -0.2) is 8.42 Å². The first-order valence-electron chi connectivity index (χ1n) is 9.50. The molecule has 31 heavy (non-hydrogen) atoms. The average molecular weight is 465 g/mol. The van der Waals surface area contributed by atoms with E-state index in [4.69, 9.17) is 14.2 Å².